The molecule has 3 aliphatic rings. The Bertz CT molecular complexity index is 1000. The number of amides is 3. The van der Waals surface area contributed by atoms with Crippen molar-refractivity contribution >= 4 is 27.5 Å². The van der Waals surface area contributed by atoms with E-state index in [-0.39, 0.29) is 17.2 Å². The molecule has 182 valence electrons. The summed E-state index contributed by atoms with van der Waals surface area (Å²) in [7, 11) is -2.92. The molecular weight excluding hydrogens is 459 g/mol. The minimum absolute atomic E-state index is 0.138. The number of sulfone groups is 1. The molecule has 1 spiro atoms. The maximum absolute atomic E-state index is 13.5. The highest BCUT2D eigenvalue weighted by Gasteiger charge is 2.58. The van der Waals surface area contributed by atoms with Crippen LogP contribution in [-0.4, -0.2) is 73.4 Å². The first kappa shape index (κ1) is 24.0. The molecule has 11 heteroatoms. The summed E-state index contributed by atoms with van der Waals surface area (Å²) < 4.78 is 62.0. The lowest BCUT2D eigenvalue weighted by Gasteiger charge is -2.43. The second kappa shape index (κ2) is 8.57. The van der Waals surface area contributed by atoms with E-state index in [1.807, 2.05) is 0 Å². The zero-order valence-electron chi connectivity index (χ0n) is 18.5. The molecule has 3 aliphatic heterocycles. The van der Waals surface area contributed by atoms with E-state index >= 15 is 0 Å². The molecule has 0 aliphatic carbocycles. The van der Waals surface area contributed by atoms with Gasteiger partial charge >= 0.3 is 12.2 Å². The van der Waals surface area contributed by atoms with E-state index in [1.54, 1.807) is 6.92 Å². The molecule has 0 aromatic heterocycles. The van der Waals surface area contributed by atoms with Crippen LogP contribution in [0, 0.1) is 5.92 Å². The largest absolute Gasteiger partial charge is 0.416 e. The van der Waals surface area contributed by atoms with Crippen molar-refractivity contribution in [2.24, 2.45) is 5.92 Å². The molecule has 3 saturated heterocycles. The lowest BCUT2D eigenvalue weighted by Crippen LogP contribution is -2.57. The molecule has 0 N–H and O–H groups in total. The van der Waals surface area contributed by atoms with Gasteiger partial charge in [0.2, 0.25) is 0 Å². The molecular formula is C22H28F3N3O4S. The van der Waals surface area contributed by atoms with Crippen molar-refractivity contribution in [2.45, 2.75) is 44.3 Å². The lowest BCUT2D eigenvalue weighted by atomic mass is 9.85. The average molecular weight is 488 g/mol. The summed E-state index contributed by atoms with van der Waals surface area (Å²) >= 11 is 0. The zero-order valence-corrected chi connectivity index (χ0v) is 19.3. The Kier molecular flexibility index (Phi) is 6.24. The van der Waals surface area contributed by atoms with Gasteiger partial charge < -0.3 is 9.80 Å². The molecule has 0 saturated carbocycles. The number of piperidine rings is 1. The van der Waals surface area contributed by atoms with Gasteiger partial charge in [-0.3, -0.25) is 4.79 Å². The van der Waals surface area contributed by atoms with Gasteiger partial charge in [0.05, 0.1) is 22.8 Å². The number of hydrogen-bond acceptors (Lipinski definition) is 5. The number of carbonyl (C=O) groups excluding carboxylic acids is 2. The minimum Gasteiger partial charge on any atom is -0.309 e. The van der Waals surface area contributed by atoms with Gasteiger partial charge in [-0.05, 0) is 62.8 Å². The van der Waals surface area contributed by atoms with E-state index in [2.05, 4.69) is 4.90 Å². The Balaban J connectivity index is 1.47. The third kappa shape index (κ3) is 4.49. The van der Waals surface area contributed by atoms with Crippen LogP contribution in [0.4, 0.5) is 23.7 Å². The summed E-state index contributed by atoms with van der Waals surface area (Å²) in [6.45, 7) is 4.07. The number of hydrogen-bond donors (Lipinski definition) is 0. The number of anilines is 1. The monoisotopic (exact) mass is 487 g/mol. The first-order valence-electron chi connectivity index (χ1n) is 11.2. The van der Waals surface area contributed by atoms with Crippen LogP contribution < -0.4 is 4.90 Å². The number of nitrogens with zero attached hydrogens (tertiary/aromatic N) is 3. The fourth-order valence-corrected chi connectivity index (χ4v) is 6.84. The molecule has 0 atom stereocenters. The Morgan fingerprint density at radius 2 is 1.61 bits per heavy atom. The van der Waals surface area contributed by atoms with Gasteiger partial charge in [0, 0.05) is 26.2 Å². The molecule has 0 radical (unpaired) electrons. The number of halogens is 3. The predicted molar refractivity (Wildman–Crippen MR) is 116 cm³/mol. The van der Waals surface area contributed by atoms with Gasteiger partial charge in [0.1, 0.15) is 15.4 Å². The molecule has 3 amide bonds. The van der Waals surface area contributed by atoms with Crippen LogP contribution in [0.5, 0.6) is 0 Å². The van der Waals surface area contributed by atoms with Crippen molar-refractivity contribution in [1.29, 1.82) is 0 Å². The van der Waals surface area contributed by atoms with Gasteiger partial charge in [-0.1, -0.05) is 0 Å². The van der Waals surface area contributed by atoms with Crippen molar-refractivity contribution in [3.8, 4) is 0 Å². The maximum Gasteiger partial charge on any atom is 0.416 e. The average Bonchev–Trinajstić information content (AvgIpc) is 2.96. The van der Waals surface area contributed by atoms with E-state index in [0.717, 1.165) is 35.7 Å². The second-order valence-electron chi connectivity index (χ2n) is 9.14. The highest BCUT2D eigenvalue weighted by atomic mass is 32.2. The molecule has 0 bridgehead atoms. The van der Waals surface area contributed by atoms with Crippen LogP contribution in [0.15, 0.2) is 24.3 Å². The standard InChI is InChI=1S/C22H28F3N3O4S/c1-2-27-20(30)28(18-5-3-17(4-6-18)22(23,24)25)19(29)21(27)9-11-26(12-10-21)15-16-7-13-33(31,32)14-8-16/h3-6,16H,2,7-15H2,1H3. The second-order valence-corrected chi connectivity index (χ2v) is 11.4. The number of alkyl halides is 3. The number of urea groups is 1. The van der Waals surface area contributed by atoms with Crippen LogP contribution in [0.1, 0.15) is 38.2 Å². The van der Waals surface area contributed by atoms with Crippen LogP contribution >= 0.6 is 0 Å². The number of rotatable bonds is 4. The van der Waals surface area contributed by atoms with Gasteiger partial charge in [0.25, 0.3) is 5.91 Å². The van der Waals surface area contributed by atoms with Crippen LogP contribution in [0.3, 0.4) is 0 Å². The first-order valence-corrected chi connectivity index (χ1v) is 13.1. The Morgan fingerprint density at radius 3 is 2.12 bits per heavy atom. The fourth-order valence-electron chi connectivity index (χ4n) is 5.26. The Morgan fingerprint density at radius 1 is 1.03 bits per heavy atom. The third-order valence-electron chi connectivity index (χ3n) is 7.18. The van der Waals surface area contributed by atoms with E-state index in [0.29, 0.717) is 51.2 Å². The predicted octanol–water partition coefficient (Wildman–Crippen LogP) is 3.15. The summed E-state index contributed by atoms with van der Waals surface area (Å²) in [4.78, 5) is 31.3. The van der Waals surface area contributed by atoms with Gasteiger partial charge in [-0.25, -0.2) is 18.1 Å². The molecule has 3 heterocycles. The van der Waals surface area contributed by atoms with Crippen molar-refractivity contribution in [3.63, 3.8) is 0 Å². The molecule has 7 nitrogen and oxygen atoms in total. The number of benzene rings is 1. The van der Waals surface area contributed by atoms with Crippen molar-refractivity contribution < 1.29 is 31.2 Å². The normalized spacial score (nSPS) is 24.1. The van der Waals surface area contributed by atoms with Crippen LogP contribution in [-0.2, 0) is 20.8 Å². The van der Waals surface area contributed by atoms with E-state index in [1.165, 1.54) is 4.90 Å². The van der Waals surface area contributed by atoms with Crippen molar-refractivity contribution in [3.05, 3.63) is 29.8 Å². The highest BCUT2D eigenvalue weighted by Crippen LogP contribution is 2.40. The van der Waals surface area contributed by atoms with Crippen molar-refractivity contribution in [2.75, 3.05) is 42.6 Å². The maximum atomic E-state index is 13.5. The summed E-state index contributed by atoms with van der Waals surface area (Å²) in [6, 6.07) is 3.58. The molecule has 0 unspecified atom stereocenters. The molecule has 4 rings (SSSR count). The summed E-state index contributed by atoms with van der Waals surface area (Å²) in [5.74, 6) is 0.342. The highest BCUT2D eigenvalue weighted by molar-refractivity contribution is 7.91. The number of likely N-dealkylation sites (N-methyl/N-ethyl adjacent to an activating group) is 1. The van der Waals surface area contributed by atoms with E-state index in [9.17, 15) is 31.2 Å². The van der Waals surface area contributed by atoms with Crippen LogP contribution in [0.25, 0.3) is 0 Å². The summed E-state index contributed by atoms with van der Waals surface area (Å²) in [5, 5.41) is 0. The summed E-state index contributed by atoms with van der Waals surface area (Å²) in [5.41, 5.74) is -1.70. The molecule has 33 heavy (non-hydrogen) atoms. The smallest absolute Gasteiger partial charge is 0.309 e. The quantitative estimate of drug-likeness (QED) is 0.610. The Labute approximate surface area is 191 Å². The number of likely N-dealkylation sites (tertiary alicyclic amines) is 1. The van der Waals surface area contributed by atoms with E-state index < -0.39 is 39.1 Å². The van der Waals surface area contributed by atoms with Crippen LogP contribution in [0.2, 0.25) is 0 Å². The van der Waals surface area contributed by atoms with Crippen molar-refractivity contribution in [1.82, 2.24) is 9.80 Å². The SMILES string of the molecule is CCN1C(=O)N(c2ccc(C(F)(F)F)cc2)C(=O)C12CCN(CC1CCS(=O)(=O)CC1)CC2. The van der Waals surface area contributed by atoms with Gasteiger partial charge in [-0.15, -0.1) is 0 Å². The number of imide groups is 1. The minimum atomic E-state index is -4.50. The van der Waals surface area contributed by atoms with Gasteiger partial charge in [-0.2, -0.15) is 13.2 Å². The lowest BCUT2D eigenvalue weighted by molar-refractivity contribution is -0.137. The third-order valence-corrected chi connectivity index (χ3v) is 8.90. The molecule has 1 aromatic rings. The number of carbonyl (C=O) groups is 2. The topological polar surface area (TPSA) is 78.0 Å². The zero-order chi connectivity index (χ0) is 24.0. The molecule has 3 fully saturated rings. The Hall–Kier alpha value is -2.14. The van der Waals surface area contributed by atoms with Gasteiger partial charge in [0.15, 0.2) is 0 Å². The van der Waals surface area contributed by atoms with E-state index in [4.69, 9.17) is 0 Å². The summed E-state index contributed by atoms with van der Waals surface area (Å²) in [6.07, 6.45) is -2.33. The first-order chi connectivity index (χ1) is 15.5. The fraction of sp³-hybridized carbons (Fsp3) is 0.636. The molecule has 1 aromatic carbocycles.